The molecular weight excluding hydrogens is 392 g/mol. The highest BCUT2D eigenvalue weighted by molar-refractivity contribution is 5.74. The summed E-state index contributed by atoms with van der Waals surface area (Å²) in [6, 6.07) is 9.13. The van der Waals surface area contributed by atoms with Gasteiger partial charge in [-0.3, -0.25) is 4.90 Å². The van der Waals surface area contributed by atoms with Crippen molar-refractivity contribution in [3.05, 3.63) is 30.3 Å². The van der Waals surface area contributed by atoms with Gasteiger partial charge >= 0.3 is 0 Å². The number of phenols is 1. The Morgan fingerprint density at radius 1 is 1.23 bits per heavy atom. The number of nitrogens with zero attached hydrogens (tertiary/aromatic N) is 4. The standard InChI is InChI=1S/C23H34N6O2/c1-3-31-17(13-25-2)14-28-15-23(16-28)8-10-29(11-9-23)20-12-19(26-27-22(20)24)18-6-4-5-7-21(18)30/h4-7,12,17,25,30H,3,8-11,13-16H2,1-2H3,(H2,24,27)/t17-/m1/s1. The van der Waals surface area contributed by atoms with Crippen LogP contribution in [-0.4, -0.2) is 79.2 Å². The maximum atomic E-state index is 10.2. The van der Waals surface area contributed by atoms with E-state index in [-0.39, 0.29) is 11.9 Å². The molecule has 0 bridgehead atoms. The zero-order chi connectivity index (χ0) is 21.8. The lowest BCUT2D eigenvalue weighted by atomic mass is 9.72. The summed E-state index contributed by atoms with van der Waals surface area (Å²) in [5.74, 6) is 0.639. The summed E-state index contributed by atoms with van der Waals surface area (Å²) in [6.07, 6.45) is 2.54. The topological polar surface area (TPSA) is 99.8 Å². The number of aromatic hydroxyl groups is 1. The molecule has 168 valence electrons. The van der Waals surface area contributed by atoms with Gasteiger partial charge in [0.1, 0.15) is 5.75 Å². The lowest BCUT2D eigenvalue weighted by Gasteiger charge is -2.55. The maximum Gasteiger partial charge on any atom is 0.169 e. The predicted octanol–water partition coefficient (Wildman–Crippen LogP) is 1.96. The summed E-state index contributed by atoms with van der Waals surface area (Å²) >= 11 is 0. The highest BCUT2D eigenvalue weighted by Gasteiger charge is 2.45. The van der Waals surface area contributed by atoms with Crippen LogP contribution in [0.2, 0.25) is 0 Å². The Bertz CT molecular complexity index is 870. The number of benzene rings is 1. The molecule has 0 amide bonds. The first-order valence-electron chi connectivity index (χ1n) is 11.2. The van der Waals surface area contributed by atoms with Crippen molar-refractivity contribution in [2.75, 3.05) is 63.6 Å². The molecule has 8 heteroatoms. The molecule has 2 aromatic rings. The molecule has 0 aliphatic carbocycles. The van der Waals surface area contributed by atoms with Gasteiger partial charge in [0.2, 0.25) is 0 Å². The Hall–Kier alpha value is -2.42. The van der Waals surface area contributed by atoms with Crippen molar-refractivity contribution in [2.24, 2.45) is 5.41 Å². The van der Waals surface area contributed by atoms with Gasteiger partial charge in [0.25, 0.3) is 0 Å². The van der Waals surface area contributed by atoms with Crippen LogP contribution in [0.5, 0.6) is 5.75 Å². The Morgan fingerprint density at radius 3 is 2.65 bits per heavy atom. The van der Waals surface area contributed by atoms with E-state index in [4.69, 9.17) is 10.5 Å². The summed E-state index contributed by atoms with van der Waals surface area (Å²) in [4.78, 5) is 4.83. The number of para-hydroxylation sites is 1. The number of likely N-dealkylation sites (tertiary alicyclic amines) is 1. The third-order valence-electron chi connectivity index (χ3n) is 6.56. The van der Waals surface area contributed by atoms with Gasteiger partial charge in [0.15, 0.2) is 5.82 Å². The van der Waals surface area contributed by atoms with Crippen molar-refractivity contribution in [2.45, 2.75) is 25.9 Å². The molecule has 0 unspecified atom stereocenters. The number of ether oxygens (including phenoxy) is 1. The molecule has 2 fully saturated rings. The van der Waals surface area contributed by atoms with Gasteiger partial charge in [-0.05, 0) is 50.4 Å². The van der Waals surface area contributed by atoms with Crippen LogP contribution in [0.4, 0.5) is 11.5 Å². The lowest BCUT2D eigenvalue weighted by molar-refractivity contribution is -0.0554. The van der Waals surface area contributed by atoms with Gasteiger partial charge in [0.05, 0.1) is 17.5 Å². The third kappa shape index (κ3) is 4.76. The molecule has 1 spiro atoms. The first-order valence-corrected chi connectivity index (χ1v) is 11.2. The molecule has 4 N–H and O–H groups in total. The summed E-state index contributed by atoms with van der Waals surface area (Å²) in [6.45, 7) is 8.88. The number of anilines is 2. The minimum absolute atomic E-state index is 0.198. The molecule has 4 rings (SSSR count). The van der Waals surface area contributed by atoms with E-state index in [2.05, 4.69) is 32.2 Å². The number of nitrogen functional groups attached to an aromatic ring is 1. The number of hydrogen-bond acceptors (Lipinski definition) is 8. The number of aromatic nitrogens is 2. The van der Waals surface area contributed by atoms with Crippen molar-refractivity contribution in [1.29, 1.82) is 0 Å². The highest BCUT2D eigenvalue weighted by atomic mass is 16.5. The van der Waals surface area contributed by atoms with Crippen molar-refractivity contribution in [3.63, 3.8) is 0 Å². The third-order valence-corrected chi connectivity index (χ3v) is 6.56. The van der Waals surface area contributed by atoms with Crippen molar-refractivity contribution in [1.82, 2.24) is 20.4 Å². The fourth-order valence-corrected chi connectivity index (χ4v) is 4.96. The summed E-state index contributed by atoms with van der Waals surface area (Å²) in [5.41, 5.74) is 8.80. The predicted molar refractivity (Wildman–Crippen MR) is 123 cm³/mol. The molecule has 2 aliphatic rings. The second kappa shape index (κ2) is 9.38. The fourth-order valence-electron chi connectivity index (χ4n) is 4.96. The molecule has 1 aromatic heterocycles. The van der Waals surface area contributed by atoms with Crippen molar-refractivity contribution in [3.8, 4) is 17.0 Å². The molecule has 1 aromatic carbocycles. The lowest BCUT2D eigenvalue weighted by Crippen LogP contribution is -2.62. The first kappa shape index (κ1) is 21.8. The van der Waals surface area contributed by atoms with E-state index >= 15 is 0 Å². The number of phenolic OH excluding ortho intramolecular Hbond substituents is 1. The van der Waals surface area contributed by atoms with Crippen LogP contribution in [0.15, 0.2) is 30.3 Å². The Balaban J connectivity index is 1.37. The summed E-state index contributed by atoms with van der Waals surface area (Å²) in [5, 5.41) is 21.8. The second-order valence-electron chi connectivity index (χ2n) is 8.81. The van der Waals surface area contributed by atoms with Crippen LogP contribution in [0.25, 0.3) is 11.3 Å². The summed E-state index contributed by atoms with van der Waals surface area (Å²) in [7, 11) is 1.98. The molecule has 8 nitrogen and oxygen atoms in total. The molecule has 0 radical (unpaired) electrons. The fraction of sp³-hybridized carbons (Fsp3) is 0.565. The maximum absolute atomic E-state index is 10.2. The van der Waals surface area contributed by atoms with Gasteiger partial charge in [-0.1, -0.05) is 12.1 Å². The van der Waals surface area contributed by atoms with Crippen LogP contribution >= 0.6 is 0 Å². The van der Waals surface area contributed by atoms with E-state index in [0.717, 1.165) is 64.4 Å². The normalized spacial score (nSPS) is 19.4. The quantitative estimate of drug-likeness (QED) is 0.589. The van der Waals surface area contributed by atoms with Crippen LogP contribution < -0.4 is 16.0 Å². The molecule has 0 saturated carbocycles. The molecule has 2 saturated heterocycles. The zero-order valence-electron chi connectivity index (χ0n) is 18.5. The average molecular weight is 427 g/mol. The zero-order valence-corrected chi connectivity index (χ0v) is 18.5. The van der Waals surface area contributed by atoms with Gasteiger partial charge in [-0.25, -0.2) is 0 Å². The SMILES string of the molecule is CCO[C@H](CNC)CN1CC2(CCN(c3cc(-c4ccccc4O)nnc3N)CC2)C1. The Morgan fingerprint density at radius 2 is 1.97 bits per heavy atom. The Kier molecular flexibility index (Phi) is 6.60. The monoisotopic (exact) mass is 426 g/mol. The first-order chi connectivity index (χ1) is 15.0. The second-order valence-corrected chi connectivity index (χ2v) is 8.81. The van der Waals surface area contributed by atoms with Crippen molar-refractivity contribution >= 4 is 11.5 Å². The van der Waals surface area contributed by atoms with Gasteiger partial charge in [0, 0.05) is 51.4 Å². The van der Waals surface area contributed by atoms with E-state index in [1.165, 1.54) is 0 Å². The number of rotatable bonds is 8. The van der Waals surface area contributed by atoms with E-state index in [9.17, 15) is 5.11 Å². The molecular formula is C23H34N6O2. The molecule has 1 atom stereocenters. The Labute approximate surface area is 184 Å². The van der Waals surface area contributed by atoms with E-state index in [1.54, 1.807) is 12.1 Å². The average Bonchev–Trinajstić information content (AvgIpc) is 2.74. The smallest absolute Gasteiger partial charge is 0.169 e. The van der Waals surface area contributed by atoms with Gasteiger partial charge < -0.3 is 25.8 Å². The number of likely N-dealkylation sites (N-methyl/N-ethyl adjacent to an activating group) is 1. The van der Waals surface area contributed by atoms with E-state index in [0.29, 0.717) is 22.5 Å². The summed E-state index contributed by atoms with van der Waals surface area (Å²) < 4.78 is 5.85. The molecule has 3 heterocycles. The van der Waals surface area contributed by atoms with Crippen LogP contribution in [0, 0.1) is 5.41 Å². The number of nitrogens with two attached hydrogens (primary N) is 1. The molecule has 31 heavy (non-hydrogen) atoms. The minimum atomic E-state index is 0.198. The van der Waals surface area contributed by atoms with Gasteiger partial charge in [-0.2, -0.15) is 0 Å². The van der Waals surface area contributed by atoms with Crippen LogP contribution in [0.3, 0.4) is 0 Å². The number of piperidine rings is 1. The number of hydrogen-bond donors (Lipinski definition) is 3. The van der Waals surface area contributed by atoms with Crippen LogP contribution in [0.1, 0.15) is 19.8 Å². The highest BCUT2D eigenvalue weighted by Crippen LogP contribution is 2.42. The van der Waals surface area contributed by atoms with Crippen LogP contribution in [-0.2, 0) is 4.74 Å². The molecule has 2 aliphatic heterocycles. The van der Waals surface area contributed by atoms with Crippen molar-refractivity contribution < 1.29 is 9.84 Å². The van der Waals surface area contributed by atoms with E-state index in [1.807, 2.05) is 25.2 Å². The number of nitrogens with one attached hydrogen (secondary N) is 1. The largest absolute Gasteiger partial charge is 0.507 e. The minimum Gasteiger partial charge on any atom is -0.507 e. The van der Waals surface area contributed by atoms with E-state index < -0.39 is 0 Å². The van der Waals surface area contributed by atoms with Gasteiger partial charge in [-0.15, -0.1) is 10.2 Å².